The molecule has 0 bridgehead atoms. The van der Waals surface area contributed by atoms with Crippen LogP contribution in [0, 0.1) is 11.8 Å². The SMILES string of the molecule is COc1ccc(C(NC(=O)C2CCCCC2)C2CC2)cc1. The predicted molar refractivity (Wildman–Crippen MR) is 83.2 cm³/mol. The number of methoxy groups -OCH3 is 1. The van der Waals surface area contributed by atoms with Crippen molar-refractivity contribution in [2.24, 2.45) is 11.8 Å². The van der Waals surface area contributed by atoms with Crippen LogP contribution in [0.5, 0.6) is 5.75 Å². The molecule has 2 fully saturated rings. The topological polar surface area (TPSA) is 38.3 Å². The molecule has 21 heavy (non-hydrogen) atoms. The molecule has 3 rings (SSSR count). The summed E-state index contributed by atoms with van der Waals surface area (Å²) in [5.41, 5.74) is 1.21. The van der Waals surface area contributed by atoms with Gasteiger partial charge in [0.15, 0.2) is 0 Å². The second kappa shape index (κ2) is 6.50. The number of rotatable bonds is 5. The summed E-state index contributed by atoms with van der Waals surface area (Å²) < 4.78 is 5.21. The number of hydrogen-bond acceptors (Lipinski definition) is 2. The van der Waals surface area contributed by atoms with Crippen molar-refractivity contribution in [3.63, 3.8) is 0 Å². The summed E-state index contributed by atoms with van der Waals surface area (Å²) >= 11 is 0. The quantitative estimate of drug-likeness (QED) is 0.893. The van der Waals surface area contributed by atoms with E-state index in [1.165, 1.54) is 37.7 Å². The van der Waals surface area contributed by atoms with Crippen LogP contribution in [0.1, 0.15) is 56.6 Å². The van der Waals surface area contributed by atoms with Gasteiger partial charge in [0, 0.05) is 5.92 Å². The molecule has 1 unspecified atom stereocenters. The molecule has 0 spiro atoms. The summed E-state index contributed by atoms with van der Waals surface area (Å²) in [6.45, 7) is 0. The zero-order chi connectivity index (χ0) is 14.7. The summed E-state index contributed by atoms with van der Waals surface area (Å²) in [7, 11) is 1.68. The fourth-order valence-corrected chi connectivity index (χ4v) is 3.35. The number of ether oxygens (including phenoxy) is 1. The monoisotopic (exact) mass is 287 g/mol. The van der Waals surface area contributed by atoms with Crippen LogP contribution in [0.25, 0.3) is 0 Å². The normalized spacial score (nSPS) is 20.8. The van der Waals surface area contributed by atoms with Gasteiger partial charge in [-0.1, -0.05) is 31.4 Å². The molecule has 1 amide bonds. The van der Waals surface area contributed by atoms with Crippen LogP contribution in [0.4, 0.5) is 0 Å². The molecular formula is C18H25NO2. The molecule has 0 heterocycles. The summed E-state index contributed by atoms with van der Waals surface area (Å²) in [5, 5.41) is 3.32. The van der Waals surface area contributed by atoms with Crippen molar-refractivity contribution in [1.29, 1.82) is 0 Å². The zero-order valence-electron chi connectivity index (χ0n) is 12.8. The van der Waals surface area contributed by atoms with Gasteiger partial charge in [-0.2, -0.15) is 0 Å². The second-order valence-corrected chi connectivity index (χ2v) is 6.43. The third-order valence-corrected chi connectivity index (χ3v) is 4.84. The summed E-state index contributed by atoms with van der Waals surface area (Å²) in [6, 6.07) is 8.33. The van der Waals surface area contributed by atoms with E-state index in [4.69, 9.17) is 4.74 Å². The van der Waals surface area contributed by atoms with E-state index in [0.29, 0.717) is 5.92 Å². The van der Waals surface area contributed by atoms with E-state index >= 15 is 0 Å². The van der Waals surface area contributed by atoms with Gasteiger partial charge in [-0.3, -0.25) is 4.79 Å². The number of carbonyl (C=O) groups is 1. The highest BCUT2D eigenvalue weighted by atomic mass is 16.5. The summed E-state index contributed by atoms with van der Waals surface area (Å²) in [6.07, 6.45) is 8.26. The lowest BCUT2D eigenvalue weighted by atomic mass is 9.88. The fraction of sp³-hybridized carbons (Fsp3) is 0.611. The van der Waals surface area contributed by atoms with E-state index in [0.717, 1.165) is 18.6 Å². The molecule has 3 heteroatoms. The van der Waals surface area contributed by atoms with Gasteiger partial charge in [-0.25, -0.2) is 0 Å². The average Bonchev–Trinajstić information content (AvgIpc) is 3.38. The first-order valence-corrected chi connectivity index (χ1v) is 8.22. The Kier molecular flexibility index (Phi) is 4.47. The molecule has 1 aromatic carbocycles. The van der Waals surface area contributed by atoms with E-state index in [1.54, 1.807) is 7.11 Å². The van der Waals surface area contributed by atoms with E-state index in [1.807, 2.05) is 12.1 Å². The standard InChI is InChI=1S/C18H25NO2/c1-21-16-11-9-14(10-12-16)17(13-7-8-13)19-18(20)15-5-3-2-4-6-15/h9-13,15,17H,2-8H2,1H3,(H,19,20). The molecule has 0 radical (unpaired) electrons. The van der Waals surface area contributed by atoms with Crippen molar-refractivity contribution in [3.05, 3.63) is 29.8 Å². The first-order chi connectivity index (χ1) is 10.3. The van der Waals surface area contributed by atoms with Gasteiger partial charge < -0.3 is 10.1 Å². The molecule has 2 aliphatic rings. The van der Waals surface area contributed by atoms with Crippen molar-refractivity contribution in [2.45, 2.75) is 51.0 Å². The molecule has 1 aromatic rings. The minimum absolute atomic E-state index is 0.185. The molecule has 0 aromatic heterocycles. The minimum atomic E-state index is 0.185. The van der Waals surface area contributed by atoms with Gasteiger partial charge in [0.05, 0.1) is 13.2 Å². The lowest BCUT2D eigenvalue weighted by Crippen LogP contribution is -2.35. The van der Waals surface area contributed by atoms with Crippen LogP contribution < -0.4 is 10.1 Å². The Balaban J connectivity index is 1.67. The van der Waals surface area contributed by atoms with Crippen molar-refractivity contribution in [2.75, 3.05) is 7.11 Å². The van der Waals surface area contributed by atoms with E-state index in [2.05, 4.69) is 17.4 Å². The van der Waals surface area contributed by atoms with Crippen LogP contribution in [0.3, 0.4) is 0 Å². The highest BCUT2D eigenvalue weighted by Crippen LogP contribution is 2.41. The molecule has 0 aliphatic heterocycles. The Morgan fingerprint density at radius 2 is 1.76 bits per heavy atom. The Morgan fingerprint density at radius 3 is 2.33 bits per heavy atom. The Hall–Kier alpha value is -1.51. The van der Waals surface area contributed by atoms with Crippen LogP contribution in [-0.4, -0.2) is 13.0 Å². The lowest BCUT2D eigenvalue weighted by Gasteiger charge is -2.25. The molecule has 1 N–H and O–H groups in total. The molecular weight excluding hydrogens is 262 g/mol. The van der Waals surface area contributed by atoms with Gasteiger partial charge in [-0.15, -0.1) is 0 Å². The maximum absolute atomic E-state index is 12.5. The van der Waals surface area contributed by atoms with E-state index in [-0.39, 0.29) is 17.9 Å². The van der Waals surface area contributed by atoms with Crippen LogP contribution in [-0.2, 0) is 4.79 Å². The molecule has 3 nitrogen and oxygen atoms in total. The first kappa shape index (κ1) is 14.4. The third-order valence-electron chi connectivity index (χ3n) is 4.84. The molecule has 2 aliphatic carbocycles. The zero-order valence-corrected chi connectivity index (χ0v) is 12.8. The highest BCUT2D eigenvalue weighted by Gasteiger charge is 2.34. The van der Waals surface area contributed by atoms with Gasteiger partial charge in [0.25, 0.3) is 0 Å². The third kappa shape index (κ3) is 3.58. The van der Waals surface area contributed by atoms with Crippen molar-refractivity contribution < 1.29 is 9.53 Å². The van der Waals surface area contributed by atoms with Gasteiger partial charge in [0.1, 0.15) is 5.75 Å². The maximum Gasteiger partial charge on any atom is 0.223 e. The number of nitrogens with one attached hydrogen (secondary N) is 1. The average molecular weight is 287 g/mol. The maximum atomic E-state index is 12.5. The Labute approximate surface area is 127 Å². The minimum Gasteiger partial charge on any atom is -0.497 e. The summed E-state index contributed by atoms with van der Waals surface area (Å²) in [4.78, 5) is 12.5. The molecule has 0 saturated heterocycles. The lowest BCUT2D eigenvalue weighted by molar-refractivity contribution is -0.126. The van der Waals surface area contributed by atoms with Crippen molar-refractivity contribution in [1.82, 2.24) is 5.32 Å². The van der Waals surface area contributed by atoms with E-state index < -0.39 is 0 Å². The van der Waals surface area contributed by atoms with Crippen molar-refractivity contribution in [3.8, 4) is 5.75 Å². The van der Waals surface area contributed by atoms with Crippen LogP contribution >= 0.6 is 0 Å². The first-order valence-electron chi connectivity index (χ1n) is 8.22. The molecule has 1 atom stereocenters. The number of carbonyl (C=O) groups excluding carboxylic acids is 1. The highest BCUT2D eigenvalue weighted by molar-refractivity contribution is 5.79. The number of hydrogen-bond donors (Lipinski definition) is 1. The fourth-order valence-electron chi connectivity index (χ4n) is 3.35. The second-order valence-electron chi connectivity index (χ2n) is 6.43. The van der Waals surface area contributed by atoms with Gasteiger partial charge in [-0.05, 0) is 49.3 Å². The Bertz CT molecular complexity index is 472. The van der Waals surface area contributed by atoms with Gasteiger partial charge in [0.2, 0.25) is 5.91 Å². The number of benzene rings is 1. The van der Waals surface area contributed by atoms with Crippen LogP contribution in [0.2, 0.25) is 0 Å². The molecule has 2 saturated carbocycles. The smallest absolute Gasteiger partial charge is 0.223 e. The summed E-state index contributed by atoms with van der Waals surface area (Å²) in [5.74, 6) is 1.98. The number of amides is 1. The molecule has 114 valence electrons. The van der Waals surface area contributed by atoms with Crippen LogP contribution in [0.15, 0.2) is 24.3 Å². The van der Waals surface area contributed by atoms with E-state index in [9.17, 15) is 4.79 Å². The predicted octanol–water partition coefficient (Wildman–Crippen LogP) is 3.84. The largest absolute Gasteiger partial charge is 0.497 e. The van der Waals surface area contributed by atoms with Gasteiger partial charge >= 0.3 is 0 Å². The Morgan fingerprint density at radius 1 is 1.10 bits per heavy atom. The van der Waals surface area contributed by atoms with Crippen molar-refractivity contribution >= 4 is 5.91 Å².